The van der Waals surface area contributed by atoms with E-state index in [-0.39, 0.29) is 0 Å². The second kappa shape index (κ2) is 5.42. The van der Waals surface area contributed by atoms with E-state index in [0.29, 0.717) is 0 Å². The van der Waals surface area contributed by atoms with Crippen molar-refractivity contribution >= 4 is 16.6 Å². The molecule has 2 heterocycles. The van der Waals surface area contributed by atoms with Crippen molar-refractivity contribution in [3.63, 3.8) is 0 Å². The zero-order valence-electron chi connectivity index (χ0n) is 10.5. The van der Waals surface area contributed by atoms with Gasteiger partial charge < -0.3 is 15.0 Å². The van der Waals surface area contributed by atoms with Gasteiger partial charge in [0.2, 0.25) is 0 Å². The van der Waals surface area contributed by atoms with Crippen LogP contribution in [0.1, 0.15) is 0 Å². The van der Waals surface area contributed by atoms with Gasteiger partial charge in [0, 0.05) is 49.0 Å². The molecule has 1 aromatic heterocycles. The number of aromatic amines is 1. The first kappa shape index (κ1) is 11.6. The summed E-state index contributed by atoms with van der Waals surface area (Å²) in [5.74, 6) is 0. The third kappa shape index (κ3) is 2.66. The molecule has 4 nitrogen and oxygen atoms in total. The monoisotopic (exact) mass is 245 g/mol. The summed E-state index contributed by atoms with van der Waals surface area (Å²) in [7, 11) is 0. The maximum absolute atomic E-state index is 5.34. The molecule has 2 N–H and O–H groups in total. The quantitative estimate of drug-likeness (QED) is 0.864. The van der Waals surface area contributed by atoms with Crippen LogP contribution in [0.15, 0.2) is 30.5 Å². The van der Waals surface area contributed by atoms with Gasteiger partial charge in [-0.05, 0) is 24.3 Å². The second-order valence-corrected chi connectivity index (χ2v) is 4.66. The number of H-pyrrole nitrogens is 1. The maximum Gasteiger partial charge on any atom is 0.0594 e. The predicted molar refractivity (Wildman–Crippen MR) is 74.0 cm³/mol. The maximum atomic E-state index is 5.34. The number of nitrogens with zero attached hydrogens (tertiary/aromatic N) is 1. The molecule has 1 aliphatic heterocycles. The molecule has 1 fully saturated rings. The third-order valence-electron chi connectivity index (χ3n) is 3.41. The second-order valence-electron chi connectivity index (χ2n) is 4.66. The van der Waals surface area contributed by atoms with E-state index < -0.39 is 0 Å². The van der Waals surface area contributed by atoms with E-state index in [4.69, 9.17) is 4.74 Å². The van der Waals surface area contributed by atoms with Gasteiger partial charge in [0.05, 0.1) is 13.2 Å². The van der Waals surface area contributed by atoms with Crippen molar-refractivity contribution in [3.05, 3.63) is 30.5 Å². The van der Waals surface area contributed by atoms with Gasteiger partial charge in [-0.25, -0.2) is 0 Å². The molecule has 0 spiro atoms. The summed E-state index contributed by atoms with van der Waals surface area (Å²) in [5, 5.41) is 4.73. The van der Waals surface area contributed by atoms with Crippen LogP contribution in [0.2, 0.25) is 0 Å². The van der Waals surface area contributed by atoms with E-state index in [1.54, 1.807) is 0 Å². The fourth-order valence-electron chi connectivity index (χ4n) is 2.35. The van der Waals surface area contributed by atoms with Crippen molar-refractivity contribution in [2.45, 2.75) is 0 Å². The van der Waals surface area contributed by atoms with Crippen molar-refractivity contribution in [2.75, 3.05) is 44.7 Å². The van der Waals surface area contributed by atoms with Gasteiger partial charge in [-0.3, -0.25) is 4.90 Å². The van der Waals surface area contributed by atoms with E-state index in [0.717, 1.165) is 39.4 Å². The summed E-state index contributed by atoms with van der Waals surface area (Å²) in [6.07, 6.45) is 1.97. The lowest BCUT2D eigenvalue weighted by atomic mass is 10.2. The number of rotatable bonds is 4. The molecular weight excluding hydrogens is 226 g/mol. The number of fused-ring (bicyclic) bond motifs is 1. The molecule has 0 amide bonds. The average molecular weight is 245 g/mol. The number of hydrogen-bond acceptors (Lipinski definition) is 3. The van der Waals surface area contributed by atoms with E-state index in [9.17, 15) is 0 Å². The first-order valence-corrected chi connectivity index (χ1v) is 6.53. The highest BCUT2D eigenvalue weighted by Gasteiger charge is 2.09. The standard InChI is InChI=1S/C14H19N3O/c1-2-14-12(3-4-16-14)11-13(1)15-5-6-17-7-9-18-10-8-17/h1-4,11,15-16H,5-10H2. The number of nitrogens with one attached hydrogen (secondary N) is 2. The molecule has 4 heteroatoms. The van der Waals surface area contributed by atoms with Crippen LogP contribution in [0.5, 0.6) is 0 Å². The van der Waals surface area contributed by atoms with Crippen LogP contribution in [0.25, 0.3) is 10.9 Å². The van der Waals surface area contributed by atoms with Crippen molar-refractivity contribution < 1.29 is 4.74 Å². The predicted octanol–water partition coefficient (Wildman–Crippen LogP) is 1.91. The summed E-state index contributed by atoms with van der Waals surface area (Å²) in [6.45, 7) is 5.91. The zero-order valence-corrected chi connectivity index (χ0v) is 10.5. The molecule has 3 rings (SSSR count). The highest BCUT2D eigenvalue weighted by atomic mass is 16.5. The molecule has 0 bridgehead atoms. The molecule has 1 aromatic carbocycles. The summed E-state index contributed by atoms with van der Waals surface area (Å²) < 4.78 is 5.34. The van der Waals surface area contributed by atoms with E-state index in [1.165, 1.54) is 16.6 Å². The highest BCUT2D eigenvalue weighted by molar-refractivity contribution is 5.82. The Hall–Kier alpha value is -1.52. The van der Waals surface area contributed by atoms with Gasteiger partial charge >= 0.3 is 0 Å². The van der Waals surface area contributed by atoms with Gasteiger partial charge in [0.1, 0.15) is 0 Å². The number of morpholine rings is 1. The molecule has 2 aromatic rings. The minimum atomic E-state index is 0.870. The van der Waals surface area contributed by atoms with Crippen molar-refractivity contribution in [1.82, 2.24) is 9.88 Å². The summed E-state index contributed by atoms with van der Waals surface area (Å²) in [4.78, 5) is 5.64. The molecule has 18 heavy (non-hydrogen) atoms. The number of hydrogen-bond donors (Lipinski definition) is 2. The zero-order chi connectivity index (χ0) is 12.2. The lowest BCUT2D eigenvalue weighted by Gasteiger charge is -2.26. The molecular formula is C14H19N3O. The Morgan fingerprint density at radius 3 is 3.00 bits per heavy atom. The molecule has 0 aliphatic carbocycles. The Balaban J connectivity index is 1.52. The Kier molecular flexibility index (Phi) is 3.48. The fraction of sp³-hybridized carbons (Fsp3) is 0.429. The highest BCUT2D eigenvalue weighted by Crippen LogP contribution is 2.17. The summed E-state index contributed by atoms with van der Waals surface area (Å²) in [6, 6.07) is 8.53. The van der Waals surface area contributed by atoms with Crippen LogP contribution >= 0.6 is 0 Å². The van der Waals surface area contributed by atoms with Crippen LogP contribution in [-0.2, 0) is 4.74 Å². The molecule has 0 saturated carbocycles. The Labute approximate surface area is 107 Å². The molecule has 0 radical (unpaired) electrons. The lowest BCUT2D eigenvalue weighted by molar-refractivity contribution is 0.0398. The van der Waals surface area contributed by atoms with Crippen molar-refractivity contribution in [1.29, 1.82) is 0 Å². The first-order chi connectivity index (χ1) is 8.92. The molecule has 96 valence electrons. The summed E-state index contributed by atoms with van der Waals surface area (Å²) >= 11 is 0. The van der Waals surface area contributed by atoms with E-state index in [2.05, 4.69) is 39.5 Å². The number of ether oxygens (including phenoxy) is 1. The largest absolute Gasteiger partial charge is 0.384 e. The fourth-order valence-corrected chi connectivity index (χ4v) is 2.35. The normalized spacial score (nSPS) is 17.1. The van der Waals surface area contributed by atoms with Gasteiger partial charge in [0.25, 0.3) is 0 Å². The molecule has 0 atom stereocenters. The smallest absolute Gasteiger partial charge is 0.0594 e. The van der Waals surface area contributed by atoms with Gasteiger partial charge in [-0.15, -0.1) is 0 Å². The molecule has 1 aliphatic rings. The summed E-state index contributed by atoms with van der Waals surface area (Å²) in [5.41, 5.74) is 2.38. The Bertz CT molecular complexity index is 502. The minimum Gasteiger partial charge on any atom is -0.384 e. The van der Waals surface area contributed by atoms with Crippen molar-refractivity contribution in [3.8, 4) is 0 Å². The van der Waals surface area contributed by atoms with Crippen LogP contribution in [0.3, 0.4) is 0 Å². The number of aromatic nitrogens is 1. The van der Waals surface area contributed by atoms with E-state index >= 15 is 0 Å². The van der Waals surface area contributed by atoms with Crippen LogP contribution in [-0.4, -0.2) is 49.3 Å². The van der Waals surface area contributed by atoms with E-state index in [1.807, 2.05) is 6.20 Å². The van der Waals surface area contributed by atoms with Crippen LogP contribution in [0, 0.1) is 0 Å². The SMILES string of the molecule is c1cc2cc(NCCN3CCOCC3)ccc2[nH]1. The van der Waals surface area contributed by atoms with Gasteiger partial charge in [-0.2, -0.15) is 0 Å². The number of anilines is 1. The van der Waals surface area contributed by atoms with Gasteiger partial charge in [-0.1, -0.05) is 0 Å². The van der Waals surface area contributed by atoms with Crippen LogP contribution in [0.4, 0.5) is 5.69 Å². The first-order valence-electron chi connectivity index (χ1n) is 6.53. The Morgan fingerprint density at radius 2 is 2.11 bits per heavy atom. The van der Waals surface area contributed by atoms with Gasteiger partial charge in [0.15, 0.2) is 0 Å². The minimum absolute atomic E-state index is 0.870. The third-order valence-corrected chi connectivity index (χ3v) is 3.41. The number of benzene rings is 1. The topological polar surface area (TPSA) is 40.3 Å². The van der Waals surface area contributed by atoms with Crippen LogP contribution < -0.4 is 5.32 Å². The lowest BCUT2D eigenvalue weighted by Crippen LogP contribution is -2.38. The average Bonchev–Trinajstić information content (AvgIpc) is 2.87. The van der Waals surface area contributed by atoms with Crippen molar-refractivity contribution in [2.24, 2.45) is 0 Å². The molecule has 0 unspecified atom stereocenters. The Morgan fingerprint density at radius 1 is 1.22 bits per heavy atom. The molecule has 1 saturated heterocycles.